The van der Waals surface area contributed by atoms with Gasteiger partial charge in [0.15, 0.2) is 0 Å². The van der Waals surface area contributed by atoms with Gasteiger partial charge in [-0.05, 0) is 19.4 Å². The number of hydrogen-bond acceptors (Lipinski definition) is 3. The summed E-state index contributed by atoms with van der Waals surface area (Å²) in [7, 11) is 0. The van der Waals surface area contributed by atoms with Crippen molar-refractivity contribution in [1.29, 1.82) is 0 Å². The fraction of sp³-hybridized carbons (Fsp3) is 0.571. The predicted molar refractivity (Wildman–Crippen MR) is 36.5 cm³/mol. The summed E-state index contributed by atoms with van der Waals surface area (Å²) >= 11 is 0. The van der Waals surface area contributed by atoms with E-state index in [0.29, 0.717) is 6.04 Å². The van der Waals surface area contributed by atoms with E-state index in [1.807, 2.05) is 0 Å². The minimum Gasteiger partial charge on any atom is -0.364 e. The molecule has 1 aromatic rings. The van der Waals surface area contributed by atoms with Gasteiger partial charge in [0.05, 0.1) is 6.20 Å². The van der Waals surface area contributed by atoms with E-state index in [0.717, 1.165) is 6.54 Å². The maximum atomic E-state index is 4.74. The van der Waals surface area contributed by atoms with Crippen molar-refractivity contribution in [1.82, 2.24) is 10.5 Å². The minimum atomic E-state index is 0.492. The van der Waals surface area contributed by atoms with Crippen molar-refractivity contribution in [2.75, 3.05) is 6.54 Å². The third kappa shape index (κ3) is 0.926. The van der Waals surface area contributed by atoms with Crippen LogP contribution in [0.2, 0.25) is 0 Å². The third-order valence-electron chi connectivity index (χ3n) is 1.91. The zero-order valence-corrected chi connectivity index (χ0v) is 5.71. The highest BCUT2D eigenvalue weighted by atomic mass is 16.5. The van der Waals surface area contributed by atoms with E-state index in [2.05, 4.69) is 10.5 Å². The second kappa shape index (κ2) is 2.42. The van der Waals surface area contributed by atoms with Crippen LogP contribution in [0.3, 0.4) is 0 Å². The molecule has 0 spiro atoms. The smallest absolute Gasteiger partial charge is 0.128 e. The molecule has 3 heteroatoms. The normalized spacial score (nSPS) is 25.4. The Morgan fingerprint density at radius 2 is 2.70 bits per heavy atom. The zero-order valence-electron chi connectivity index (χ0n) is 5.71. The number of hydrogen-bond donors (Lipinski definition) is 1. The Morgan fingerprint density at radius 3 is 3.30 bits per heavy atom. The Bertz CT molecular complexity index is 189. The Hall–Kier alpha value is -0.830. The summed E-state index contributed by atoms with van der Waals surface area (Å²) in [6.07, 6.45) is 5.96. The molecule has 10 heavy (non-hydrogen) atoms. The summed E-state index contributed by atoms with van der Waals surface area (Å²) in [4.78, 5) is 0. The molecule has 0 bridgehead atoms. The van der Waals surface area contributed by atoms with Crippen molar-refractivity contribution in [3.63, 3.8) is 0 Å². The lowest BCUT2D eigenvalue weighted by atomic mass is 10.1. The van der Waals surface area contributed by atoms with Gasteiger partial charge < -0.3 is 9.84 Å². The van der Waals surface area contributed by atoms with Crippen molar-refractivity contribution in [2.24, 2.45) is 0 Å². The molecule has 3 nitrogen and oxygen atoms in total. The summed E-state index contributed by atoms with van der Waals surface area (Å²) < 4.78 is 4.74. The van der Waals surface area contributed by atoms with Crippen LogP contribution in [0.15, 0.2) is 17.0 Å². The topological polar surface area (TPSA) is 38.1 Å². The van der Waals surface area contributed by atoms with Crippen LogP contribution in [0.1, 0.15) is 24.4 Å². The minimum absolute atomic E-state index is 0.492. The average molecular weight is 138 g/mol. The summed E-state index contributed by atoms with van der Waals surface area (Å²) in [5.41, 5.74) is 1.18. The van der Waals surface area contributed by atoms with Gasteiger partial charge >= 0.3 is 0 Å². The van der Waals surface area contributed by atoms with Crippen molar-refractivity contribution in [3.8, 4) is 0 Å². The van der Waals surface area contributed by atoms with Crippen molar-refractivity contribution < 1.29 is 4.52 Å². The third-order valence-corrected chi connectivity index (χ3v) is 1.91. The van der Waals surface area contributed by atoms with E-state index in [-0.39, 0.29) is 0 Å². The van der Waals surface area contributed by atoms with Crippen molar-refractivity contribution in [3.05, 3.63) is 18.0 Å². The lowest BCUT2D eigenvalue weighted by molar-refractivity contribution is 0.417. The molecule has 1 saturated heterocycles. The molecule has 2 rings (SSSR count). The van der Waals surface area contributed by atoms with Gasteiger partial charge in [-0.3, -0.25) is 0 Å². The summed E-state index contributed by atoms with van der Waals surface area (Å²) in [6, 6.07) is 0.492. The van der Waals surface area contributed by atoms with Gasteiger partial charge in [0.1, 0.15) is 6.26 Å². The highest BCUT2D eigenvalue weighted by molar-refractivity contribution is 5.08. The van der Waals surface area contributed by atoms with E-state index in [1.54, 1.807) is 12.5 Å². The average Bonchev–Trinajstić information content (AvgIpc) is 2.59. The summed E-state index contributed by atoms with van der Waals surface area (Å²) in [5.74, 6) is 0. The van der Waals surface area contributed by atoms with Crippen LogP contribution < -0.4 is 5.32 Å². The Balaban J connectivity index is 2.12. The number of rotatable bonds is 1. The van der Waals surface area contributed by atoms with E-state index >= 15 is 0 Å². The zero-order chi connectivity index (χ0) is 6.81. The van der Waals surface area contributed by atoms with Crippen LogP contribution in [0, 0.1) is 0 Å². The monoisotopic (exact) mass is 138 g/mol. The van der Waals surface area contributed by atoms with E-state index in [1.165, 1.54) is 18.4 Å². The van der Waals surface area contributed by atoms with Gasteiger partial charge in [0.2, 0.25) is 0 Å². The number of aromatic nitrogens is 1. The van der Waals surface area contributed by atoms with Gasteiger partial charge in [0.25, 0.3) is 0 Å². The van der Waals surface area contributed by atoms with Gasteiger partial charge in [-0.2, -0.15) is 0 Å². The summed E-state index contributed by atoms with van der Waals surface area (Å²) in [6.45, 7) is 1.12. The Kier molecular flexibility index (Phi) is 1.43. The van der Waals surface area contributed by atoms with Gasteiger partial charge in [-0.25, -0.2) is 0 Å². The number of nitrogens with one attached hydrogen (secondary N) is 1. The maximum absolute atomic E-state index is 4.74. The molecule has 54 valence electrons. The lowest BCUT2D eigenvalue weighted by Gasteiger charge is -2.03. The second-order valence-electron chi connectivity index (χ2n) is 2.61. The Labute approximate surface area is 59.4 Å². The molecule has 0 saturated carbocycles. The van der Waals surface area contributed by atoms with Crippen LogP contribution in [0.5, 0.6) is 0 Å². The first-order valence-corrected chi connectivity index (χ1v) is 3.59. The highest BCUT2D eigenvalue weighted by Gasteiger charge is 2.16. The number of nitrogens with zero attached hydrogens (tertiary/aromatic N) is 1. The fourth-order valence-corrected chi connectivity index (χ4v) is 1.35. The van der Waals surface area contributed by atoms with Crippen LogP contribution >= 0.6 is 0 Å². The molecule has 0 aromatic carbocycles. The molecule has 1 atom stereocenters. The van der Waals surface area contributed by atoms with Gasteiger partial charge in [0, 0.05) is 11.6 Å². The fourth-order valence-electron chi connectivity index (χ4n) is 1.35. The Morgan fingerprint density at radius 1 is 1.70 bits per heavy atom. The molecule has 1 aliphatic heterocycles. The molecular weight excluding hydrogens is 128 g/mol. The molecule has 0 amide bonds. The van der Waals surface area contributed by atoms with Crippen molar-refractivity contribution >= 4 is 0 Å². The molecule has 0 radical (unpaired) electrons. The quantitative estimate of drug-likeness (QED) is 0.631. The second-order valence-corrected chi connectivity index (χ2v) is 2.61. The van der Waals surface area contributed by atoms with Crippen molar-refractivity contribution in [2.45, 2.75) is 18.9 Å². The van der Waals surface area contributed by atoms with Crippen LogP contribution in [-0.4, -0.2) is 11.7 Å². The first kappa shape index (κ1) is 5.92. The van der Waals surface area contributed by atoms with E-state index in [9.17, 15) is 0 Å². The largest absolute Gasteiger partial charge is 0.364 e. The molecule has 1 aliphatic rings. The summed E-state index contributed by atoms with van der Waals surface area (Å²) in [5, 5.41) is 7.01. The molecule has 1 unspecified atom stereocenters. The SMILES string of the molecule is c1nocc1C1CCCN1. The predicted octanol–water partition coefficient (Wildman–Crippen LogP) is 1.10. The van der Waals surface area contributed by atoms with Crippen LogP contribution in [0.4, 0.5) is 0 Å². The first-order valence-electron chi connectivity index (χ1n) is 3.59. The molecule has 2 heterocycles. The molecule has 1 fully saturated rings. The molecule has 1 N–H and O–H groups in total. The maximum Gasteiger partial charge on any atom is 0.128 e. The molecule has 1 aromatic heterocycles. The van der Waals surface area contributed by atoms with Gasteiger partial charge in [-0.1, -0.05) is 5.16 Å². The van der Waals surface area contributed by atoms with Crippen LogP contribution in [-0.2, 0) is 0 Å². The molecule has 0 aliphatic carbocycles. The van der Waals surface area contributed by atoms with E-state index < -0.39 is 0 Å². The van der Waals surface area contributed by atoms with Gasteiger partial charge in [-0.15, -0.1) is 0 Å². The lowest BCUT2D eigenvalue weighted by Crippen LogP contribution is -2.11. The highest BCUT2D eigenvalue weighted by Crippen LogP contribution is 2.21. The van der Waals surface area contributed by atoms with Crippen LogP contribution in [0.25, 0.3) is 0 Å². The molecular formula is C7H10N2O. The van der Waals surface area contributed by atoms with E-state index in [4.69, 9.17) is 4.52 Å². The standard InChI is InChI=1S/C7H10N2O/c1-2-7(8-3-1)6-4-9-10-5-6/h4-5,7-8H,1-3H2. The first-order chi connectivity index (χ1) is 4.97.